The lowest BCUT2D eigenvalue weighted by Crippen LogP contribution is -2.42. The molecule has 7 heteroatoms. The number of carbonyl (C=O) groups excluding carboxylic acids is 1. The number of benzene rings is 1. The fraction of sp³-hybridized carbons (Fsp3) is 0.462. The summed E-state index contributed by atoms with van der Waals surface area (Å²) in [6.45, 7) is 2.94. The molecule has 1 rings (SSSR count). The number of rotatable bonds is 9. The first-order chi connectivity index (χ1) is 9.54. The minimum atomic E-state index is -0.484. The molecule has 0 aromatic heterocycles. The Balaban J connectivity index is 2.47. The molecule has 1 aromatic carbocycles. The highest BCUT2D eigenvalue weighted by atomic mass is 16.6. The van der Waals surface area contributed by atoms with Gasteiger partial charge >= 0.3 is 0 Å². The van der Waals surface area contributed by atoms with E-state index in [1.54, 1.807) is 12.1 Å². The zero-order valence-corrected chi connectivity index (χ0v) is 11.4. The third-order valence-electron chi connectivity index (χ3n) is 2.69. The minimum absolute atomic E-state index is 0.0296. The van der Waals surface area contributed by atoms with Crippen LogP contribution in [0.25, 0.3) is 0 Å². The summed E-state index contributed by atoms with van der Waals surface area (Å²) in [6.07, 6.45) is 1.31. The lowest BCUT2D eigenvalue weighted by molar-refractivity contribution is -0.384. The van der Waals surface area contributed by atoms with Crippen LogP contribution in [0.2, 0.25) is 0 Å². The number of hydrogen-bond donors (Lipinski definition) is 2. The number of ether oxygens (including phenoxy) is 1. The van der Waals surface area contributed by atoms with Gasteiger partial charge in [-0.05, 0) is 19.0 Å². The summed E-state index contributed by atoms with van der Waals surface area (Å²) in [4.78, 5) is 21.3. The summed E-state index contributed by atoms with van der Waals surface area (Å²) in [6, 6.07) is 5.47. The van der Waals surface area contributed by atoms with Gasteiger partial charge in [-0.1, -0.05) is 13.0 Å². The second-order valence-corrected chi connectivity index (χ2v) is 4.30. The highest BCUT2D eigenvalue weighted by Gasteiger charge is 2.14. The van der Waals surface area contributed by atoms with Crippen LogP contribution in [0.3, 0.4) is 0 Å². The molecule has 0 fully saturated rings. The van der Waals surface area contributed by atoms with Gasteiger partial charge in [0.05, 0.1) is 23.6 Å². The molecule has 0 aliphatic rings. The lowest BCUT2D eigenvalue weighted by Gasteiger charge is -2.15. The van der Waals surface area contributed by atoms with Crippen LogP contribution in [0.4, 0.5) is 5.69 Å². The van der Waals surface area contributed by atoms with Gasteiger partial charge in [-0.15, -0.1) is 0 Å². The van der Waals surface area contributed by atoms with Crippen LogP contribution in [0.5, 0.6) is 5.75 Å². The Bertz CT molecular complexity index is 465. The first kappa shape index (κ1) is 15.9. The van der Waals surface area contributed by atoms with Crippen LogP contribution < -0.4 is 15.8 Å². The molecule has 0 bridgehead atoms. The van der Waals surface area contributed by atoms with Gasteiger partial charge in [0.1, 0.15) is 5.75 Å². The number of non-ortho nitro benzene ring substituents is 1. The Morgan fingerprint density at radius 1 is 1.55 bits per heavy atom. The van der Waals surface area contributed by atoms with Crippen molar-refractivity contribution >= 4 is 11.6 Å². The van der Waals surface area contributed by atoms with Gasteiger partial charge in [-0.2, -0.15) is 0 Å². The number of nitrogens with two attached hydrogens (primary N) is 1. The smallest absolute Gasteiger partial charge is 0.273 e. The molecule has 0 saturated heterocycles. The SMILES string of the molecule is CCCNC(CCOc1cccc([N+](=O)[O-])c1)C(N)=O. The van der Waals surface area contributed by atoms with Gasteiger partial charge < -0.3 is 15.8 Å². The Kier molecular flexibility index (Phi) is 6.45. The monoisotopic (exact) mass is 281 g/mol. The van der Waals surface area contributed by atoms with E-state index in [2.05, 4.69) is 5.32 Å². The minimum Gasteiger partial charge on any atom is -0.493 e. The summed E-state index contributed by atoms with van der Waals surface area (Å²) < 4.78 is 5.41. The molecule has 1 atom stereocenters. The van der Waals surface area contributed by atoms with Gasteiger partial charge in [-0.25, -0.2) is 0 Å². The van der Waals surface area contributed by atoms with Crippen molar-refractivity contribution in [2.45, 2.75) is 25.8 Å². The van der Waals surface area contributed by atoms with E-state index in [0.717, 1.165) is 6.42 Å². The van der Waals surface area contributed by atoms with Crippen LogP contribution in [-0.2, 0) is 4.79 Å². The Morgan fingerprint density at radius 3 is 2.90 bits per heavy atom. The molecular formula is C13H19N3O4. The van der Waals surface area contributed by atoms with E-state index in [9.17, 15) is 14.9 Å². The topological polar surface area (TPSA) is 107 Å². The molecule has 0 saturated carbocycles. The number of hydrogen-bond acceptors (Lipinski definition) is 5. The number of carbonyl (C=O) groups is 1. The van der Waals surface area contributed by atoms with E-state index >= 15 is 0 Å². The van der Waals surface area contributed by atoms with Crippen LogP contribution in [-0.4, -0.2) is 30.0 Å². The molecule has 0 heterocycles. The molecule has 1 aromatic rings. The van der Waals surface area contributed by atoms with Gasteiger partial charge in [0.2, 0.25) is 5.91 Å². The number of nitrogens with zero attached hydrogens (tertiary/aromatic N) is 1. The molecule has 20 heavy (non-hydrogen) atoms. The van der Waals surface area contributed by atoms with Crippen molar-refractivity contribution in [3.63, 3.8) is 0 Å². The molecule has 0 aliphatic carbocycles. The van der Waals surface area contributed by atoms with Crippen molar-refractivity contribution in [1.82, 2.24) is 5.32 Å². The highest BCUT2D eigenvalue weighted by molar-refractivity contribution is 5.79. The summed E-state index contributed by atoms with van der Waals surface area (Å²) in [5.74, 6) is -0.0287. The van der Waals surface area contributed by atoms with Crippen LogP contribution in [0, 0.1) is 10.1 Å². The summed E-state index contributed by atoms with van der Waals surface area (Å²) in [5.41, 5.74) is 5.24. The summed E-state index contributed by atoms with van der Waals surface area (Å²) >= 11 is 0. The van der Waals surface area contributed by atoms with Crippen molar-refractivity contribution in [2.75, 3.05) is 13.2 Å². The van der Waals surface area contributed by atoms with Crippen LogP contribution >= 0.6 is 0 Å². The molecular weight excluding hydrogens is 262 g/mol. The van der Waals surface area contributed by atoms with E-state index < -0.39 is 16.9 Å². The summed E-state index contributed by atoms with van der Waals surface area (Å²) in [7, 11) is 0. The first-order valence-corrected chi connectivity index (χ1v) is 6.44. The van der Waals surface area contributed by atoms with E-state index in [1.165, 1.54) is 12.1 Å². The molecule has 110 valence electrons. The second-order valence-electron chi connectivity index (χ2n) is 4.30. The molecule has 1 amide bonds. The van der Waals surface area contributed by atoms with Gasteiger partial charge in [0.15, 0.2) is 0 Å². The molecule has 0 aliphatic heterocycles. The Morgan fingerprint density at radius 2 is 2.30 bits per heavy atom. The normalized spacial score (nSPS) is 11.8. The molecule has 0 radical (unpaired) electrons. The van der Waals surface area contributed by atoms with E-state index in [1.807, 2.05) is 6.92 Å². The number of primary amides is 1. The van der Waals surface area contributed by atoms with Gasteiger partial charge in [0.25, 0.3) is 5.69 Å². The number of nitro benzene ring substituents is 1. The largest absolute Gasteiger partial charge is 0.493 e. The number of nitro groups is 1. The van der Waals surface area contributed by atoms with E-state index in [-0.39, 0.29) is 12.3 Å². The standard InChI is InChI=1S/C13H19N3O4/c1-2-7-15-12(13(14)17)6-8-20-11-5-3-4-10(9-11)16(18)19/h3-5,9,12,15H,2,6-8H2,1H3,(H2,14,17). The number of amides is 1. The predicted octanol–water partition coefficient (Wildman–Crippen LogP) is 1.22. The van der Waals surface area contributed by atoms with Crippen molar-refractivity contribution < 1.29 is 14.5 Å². The molecule has 7 nitrogen and oxygen atoms in total. The fourth-order valence-corrected chi connectivity index (χ4v) is 1.64. The molecule has 0 spiro atoms. The summed E-state index contributed by atoms with van der Waals surface area (Å²) in [5, 5.41) is 13.6. The molecule has 3 N–H and O–H groups in total. The fourth-order valence-electron chi connectivity index (χ4n) is 1.64. The lowest BCUT2D eigenvalue weighted by atomic mass is 10.2. The van der Waals surface area contributed by atoms with E-state index in [0.29, 0.717) is 18.7 Å². The van der Waals surface area contributed by atoms with E-state index in [4.69, 9.17) is 10.5 Å². The third kappa shape index (κ3) is 5.23. The average Bonchev–Trinajstić information content (AvgIpc) is 2.42. The van der Waals surface area contributed by atoms with Crippen molar-refractivity contribution in [1.29, 1.82) is 0 Å². The van der Waals surface area contributed by atoms with Crippen LogP contribution in [0.15, 0.2) is 24.3 Å². The van der Waals surface area contributed by atoms with Crippen molar-refractivity contribution in [3.8, 4) is 5.75 Å². The zero-order chi connectivity index (χ0) is 15.0. The Hall–Kier alpha value is -2.15. The van der Waals surface area contributed by atoms with Gasteiger partial charge in [-0.3, -0.25) is 14.9 Å². The zero-order valence-electron chi connectivity index (χ0n) is 11.4. The maximum absolute atomic E-state index is 11.2. The molecule has 1 unspecified atom stereocenters. The maximum Gasteiger partial charge on any atom is 0.273 e. The van der Waals surface area contributed by atoms with Crippen LogP contribution in [0.1, 0.15) is 19.8 Å². The first-order valence-electron chi connectivity index (χ1n) is 6.44. The van der Waals surface area contributed by atoms with Crippen molar-refractivity contribution in [2.24, 2.45) is 5.73 Å². The number of nitrogens with one attached hydrogen (secondary N) is 1. The Labute approximate surface area is 117 Å². The highest BCUT2D eigenvalue weighted by Crippen LogP contribution is 2.19. The maximum atomic E-state index is 11.2. The van der Waals surface area contributed by atoms with Crippen molar-refractivity contribution in [3.05, 3.63) is 34.4 Å². The third-order valence-corrected chi connectivity index (χ3v) is 2.69. The quantitative estimate of drug-likeness (QED) is 0.522. The second kappa shape index (κ2) is 8.11. The predicted molar refractivity (Wildman–Crippen MR) is 74.5 cm³/mol. The van der Waals surface area contributed by atoms with Gasteiger partial charge in [0, 0.05) is 12.5 Å². The average molecular weight is 281 g/mol.